The van der Waals surface area contributed by atoms with E-state index in [-0.39, 0.29) is 0 Å². The Morgan fingerprint density at radius 2 is 1.48 bits per heavy atom. The van der Waals surface area contributed by atoms with Crippen LogP contribution in [0.5, 0.6) is 0 Å². The predicted molar refractivity (Wildman–Crippen MR) is 139 cm³/mol. The molecule has 0 bridgehead atoms. The number of rotatable bonds is 9. The summed E-state index contributed by atoms with van der Waals surface area (Å²) in [5.41, 5.74) is 2.98. The Balaban J connectivity index is 1.33. The molecule has 1 aliphatic rings. The van der Waals surface area contributed by atoms with Gasteiger partial charge in [-0.3, -0.25) is 0 Å². The summed E-state index contributed by atoms with van der Waals surface area (Å²) in [4.78, 5) is 4.84. The van der Waals surface area contributed by atoms with Gasteiger partial charge in [-0.05, 0) is 73.5 Å². The smallest absolute Gasteiger partial charge is 0.0920 e. The summed E-state index contributed by atoms with van der Waals surface area (Å²) in [5.74, 6) is 0.510. The maximum atomic E-state index is 11.1. The molecule has 1 N–H and O–H groups in total. The van der Waals surface area contributed by atoms with Gasteiger partial charge in [0, 0.05) is 37.4 Å². The summed E-state index contributed by atoms with van der Waals surface area (Å²) < 4.78 is 0. The van der Waals surface area contributed by atoms with Gasteiger partial charge in [0.2, 0.25) is 0 Å². The minimum Gasteiger partial charge on any atom is -0.385 e. The van der Waals surface area contributed by atoms with Gasteiger partial charge in [0.1, 0.15) is 0 Å². The second-order valence-corrected chi connectivity index (χ2v) is 9.76. The molecule has 1 heterocycles. The Kier molecular flexibility index (Phi) is 8.08. The van der Waals surface area contributed by atoms with E-state index in [1.54, 1.807) is 0 Å². The zero-order chi connectivity index (χ0) is 23.1. The second-order valence-electron chi connectivity index (χ2n) is 9.32. The summed E-state index contributed by atoms with van der Waals surface area (Å²) in [7, 11) is 2.15. The van der Waals surface area contributed by atoms with Gasteiger partial charge in [-0.1, -0.05) is 72.3 Å². The summed E-state index contributed by atoms with van der Waals surface area (Å²) in [6.07, 6.45) is 3.83. The van der Waals surface area contributed by atoms with Crippen molar-refractivity contribution in [3.05, 3.63) is 101 Å². The first-order chi connectivity index (χ1) is 16.0. The zero-order valence-corrected chi connectivity index (χ0v) is 20.3. The van der Waals surface area contributed by atoms with Crippen LogP contribution in [0, 0.1) is 0 Å². The van der Waals surface area contributed by atoms with Crippen molar-refractivity contribution in [1.82, 2.24) is 4.90 Å². The molecule has 1 atom stereocenters. The number of piperidine rings is 1. The number of nitrogens with zero attached hydrogens (tertiary/aromatic N) is 2. The topological polar surface area (TPSA) is 26.7 Å². The number of halogens is 1. The van der Waals surface area contributed by atoms with Crippen molar-refractivity contribution < 1.29 is 5.11 Å². The van der Waals surface area contributed by atoms with Crippen molar-refractivity contribution in [3.8, 4) is 0 Å². The van der Waals surface area contributed by atoms with E-state index < -0.39 is 5.60 Å². The summed E-state index contributed by atoms with van der Waals surface area (Å²) in [6.45, 7) is 3.94. The third-order valence-corrected chi connectivity index (χ3v) is 7.39. The lowest BCUT2D eigenvalue weighted by molar-refractivity contribution is -0.0263. The Hall–Kier alpha value is -2.33. The van der Waals surface area contributed by atoms with Crippen LogP contribution in [-0.4, -0.2) is 43.2 Å². The molecule has 0 radical (unpaired) electrons. The van der Waals surface area contributed by atoms with Gasteiger partial charge in [-0.2, -0.15) is 0 Å². The molecule has 4 heteroatoms. The van der Waals surface area contributed by atoms with E-state index >= 15 is 0 Å². The van der Waals surface area contributed by atoms with Crippen LogP contribution >= 0.6 is 11.6 Å². The highest BCUT2D eigenvalue weighted by molar-refractivity contribution is 6.30. The highest BCUT2D eigenvalue weighted by Crippen LogP contribution is 2.33. The fraction of sp³-hybridized carbons (Fsp3) is 0.379. The van der Waals surface area contributed by atoms with Crippen LogP contribution in [0.15, 0.2) is 84.9 Å². The van der Waals surface area contributed by atoms with Crippen molar-refractivity contribution >= 4 is 17.3 Å². The molecule has 0 amide bonds. The molecule has 3 aromatic rings. The highest BCUT2D eigenvalue weighted by Gasteiger charge is 2.33. The van der Waals surface area contributed by atoms with Crippen molar-refractivity contribution in [2.75, 3.05) is 38.1 Å². The number of hydrogen-bond donors (Lipinski definition) is 1. The monoisotopic (exact) mass is 462 g/mol. The van der Waals surface area contributed by atoms with Crippen LogP contribution in [0.2, 0.25) is 5.02 Å². The molecule has 1 saturated heterocycles. The first-order valence-corrected chi connectivity index (χ1v) is 12.4. The zero-order valence-electron chi connectivity index (χ0n) is 19.5. The van der Waals surface area contributed by atoms with E-state index in [0.717, 1.165) is 62.4 Å². The fourth-order valence-corrected chi connectivity index (χ4v) is 5.03. The SMILES string of the molecule is CN(CCC(CCN1CCC(O)(c2ccccc2)CC1)c1ccccc1)c1ccc(Cl)cc1. The van der Waals surface area contributed by atoms with Crippen molar-refractivity contribution in [3.63, 3.8) is 0 Å². The van der Waals surface area contributed by atoms with Crippen molar-refractivity contribution in [1.29, 1.82) is 0 Å². The van der Waals surface area contributed by atoms with Gasteiger partial charge in [-0.15, -0.1) is 0 Å². The minimum absolute atomic E-state index is 0.510. The molecule has 0 aliphatic carbocycles. The Labute approximate surface area is 203 Å². The van der Waals surface area contributed by atoms with Crippen LogP contribution < -0.4 is 4.90 Å². The van der Waals surface area contributed by atoms with Gasteiger partial charge in [0.15, 0.2) is 0 Å². The molecule has 0 spiro atoms. The van der Waals surface area contributed by atoms with E-state index in [2.05, 4.69) is 71.4 Å². The largest absolute Gasteiger partial charge is 0.385 e. The maximum absolute atomic E-state index is 11.1. The Bertz CT molecular complexity index is 970. The molecule has 33 heavy (non-hydrogen) atoms. The molecule has 0 saturated carbocycles. The standard InChI is InChI=1S/C29H35ClN2O/c1-31(28-14-12-27(30)13-15-28)20-16-25(24-8-4-2-5-9-24)17-21-32-22-18-29(33,19-23-32)26-10-6-3-7-11-26/h2-15,25,33H,16-23H2,1H3. The number of aliphatic hydroxyl groups is 1. The average Bonchev–Trinajstić information content (AvgIpc) is 2.86. The molecule has 3 aromatic carbocycles. The quantitative estimate of drug-likeness (QED) is 0.402. The van der Waals surface area contributed by atoms with Crippen molar-refractivity contribution in [2.45, 2.75) is 37.2 Å². The first kappa shape index (κ1) is 23.8. The van der Waals surface area contributed by atoms with Crippen LogP contribution in [0.4, 0.5) is 5.69 Å². The number of hydrogen-bond acceptors (Lipinski definition) is 3. The molecular formula is C29H35ClN2O. The van der Waals surface area contributed by atoms with E-state index in [9.17, 15) is 5.11 Å². The summed E-state index contributed by atoms with van der Waals surface area (Å²) in [5, 5.41) is 11.9. The molecule has 0 aromatic heterocycles. The van der Waals surface area contributed by atoms with Gasteiger partial charge in [0.05, 0.1) is 5.60 Å². The number of likely N-dealkylation sites (tertiary alicyclic amines) is 1. The van der Waals surface area contributed by atoms with Gasteiger partial charge in [0.25, 0.3) is 0 Å². The van der Waals surface area contributed by atoms with E-state index in [4.69, 9.17) is 11.6 Å². The minimum atomic E-state index is -0.683. The lowest BCUT2D eigenvalue weighted by Crippen LogP contribution is -2.43. The highest BCUT2D eigenvalue weighted by atomic mass is 35.5. The van der Waals surface area contributed by atoms with E-state index in [1.165, 1.54) is 11.3 Å². The Morgan fingerprint density at radius 1 is 0.879 bits per heavy atom. The summed E-state index contributed by atoms with van der Waals surface area (Å²) in [6, 6.07) is 29.1. The lowest BCUT2D eigenvalue weighted by Gasteiger charge is -2.39. The fourth-order valence-electron chi connectivity index (χ4n) is 4.90. The van der Waals surface area contributed by atoms with Gasteiger partial charge < -0.3 is 14.9 Å². The first-order valence-electron chi connectivity index (χ1n) is 12.1. The average molecular weight is 463 g/mol. The van der Waals surface area contributed by atoms with Crippen LogP contribution in [0.25, 0.3) is 0 Å². The molecule has 1 aliphatic heterocycles. The molecule has 1 fully saturated rings. The third-order valence-electron chi connectivity index (χ3n) is 7.14. The summed E-state index contributed by atoms with van der Waals surface area (Å²) >= 11 is 6.05. The maximum Gasteiger partial charge on any atom is 0.0920 e. The number of anilines is 1. The molecule has 3 nitrogen and oxygen atoms in total. The van der Waals surface area contributed by atoms with Crippen LogP contribution in [0.3, 0.4) is 0 Å². The van der Waals surface area contributed by atoms with Crippen molar-refractivity contribution in [2.24, 2.45) is 0 Å². The van der Waals surface area contributed by atoms with E-state index in [0.29, 0.717) is 5.92 Å². The predicted octanol–water partition coefficient (Wildman–Crippen LogP) is 6.32. The van der Waals surface area contributed by atoms with Gasteiger partial charge in [-0.25, -0.2) is 0 Å². The second kappa shape index (κ2) is 11.2. The molecule has 4 rings (SSSR count). The van der Waals surface area contributed by atoms with Gasteiger partial charge >= 0.3 is 0 Å². The van der Waals surface area contributed by atoms with Crippen LogP contribution in [-0.2, 0) is 5.60 Å². The lowest BCUT2D eigenvalue weighted by atomic mass is 9.84. The molecule has 1 unspecified atom stereocenters. The molecular weight excluding hydrogens is 428 g/mol. The third kappa shape index (κ3) is 6.38. The normalized spacial score (nSPS) is 16.9. The molecule has 174 valence electrons. The Morgan fingerprint density at radius 3 is 2.12 bits per heavy atom. The number of benzene rings is 3. The van der Waals surface area contributed by atoms with Crippen LogP contribution in [0.1, 0.15) is 42.7 Å². The van der Waals surface area contributed by atoms with E-state index in [1.807, 2.05) is 30.3 Å².